The Morgan fingerprint density at radius 2 is 1.80 bits per heavy atom. The van der Waals surface area contributed by atoms with E-state index < -0.39 is 18.1 Å². The van der Waals surface area contributed by atoms with Gasteiger partial charge in [0.1, 0.15) is 5.75 Å². The summed E-state index contributed by atoms with van der Waals surface area (Å²) in [6.07, 6.45) is 0.476. The molecule has 162 valence electrons. The predicted molar refractivity (Wildman–Crippen MR) is 116 cm³/mol. The summed E-state index contributed by atoms with van der Waals surface area (Å²) in [6.45, 7) is 0.884. The van der Waals surface area contributed by atoms with Crippen molar-refractivity contribution in [1.82, 2.24) is 10.6 Å². The van der Waals surface area contributed by atoms with Gasteiger partial charge in [-0.15, -0.1) is 0 Å². The Balaban J connectivity index is 1.92. The van der Waals surface area contributed by atoms with E-state index in [1.54, 1.807) is 7.11 Å². The molecule has 7 nitrogen and oxygen atoms in total. The average Bonchev–Trinajstić information content (AvgIpc) is 2.74. The summed E-state index contributed by atoms with van der Waals surface area (Å²) in [4.78, 5) is 23.1. The van der Waals surface area contributed by atoms with Crippen LogP contribution in [0.2, 0.25) is 0 Å². The van der Waals surface area contributed by atoms with E-state index in [9.17, 15) is 14.7 Å². The van der Waals surface area contributed by atoms with Crippen molar-refractivity contribution in [3.8, 4) is 5.75 Å². The molecule has 7 heteroatoms. The maximum atomic E-state index is 12.3. The highest BCUT2D eigenvalue weighted by atomic mass is 16.5. The van der Waals surface area contributed by atoms with Gasteiger partial charge in [0, 0.05) is 25.9 Å². The quantitative estimate of drug-likeness (QED) is 0.398. The van der Waals surface area contributed by atoms with Crippen LogP contribution in [0.5, 0.6) is 5.75 Å². The van der Waals surface area contributed by atoms with Gasteiger partial charge in [-0.2, -0.15) is 0 Å². The molecule has 30 heavy (non-hydrogen) atoms. The number of aliphatic hydroxyl groups excluding tert-OH is 1. The van der Waals surface area contributed by atoms with Crippen LogP contribution in [0.15, 0.2) is 54.6 Å². The molecule has 0 aliphatic rings. The molecular formula is C23H31N3O4. The van der Waals surface area contributed by atoms with Crippen LogP contribution < -0.4 is 21.1 Å². The molecule has 0 aliphatic carbocycles. The minimum Gasteiger partial charge on any atom is -0.497 e. The van der Waals surface area contributed by atoms with Gasteiger partial charge in [0.2, 0.25) is 11.8 Å². The highest BCUT2D eigenvalue weighted by Gasteiger charge is 2.21. The number of hydrogen-bond acceptors (Lipinski definition) is 5. The molecular weight excluding hydrogens is 382 g/mol. The lowest BCUT2D eigenvalue weighted by Crippen LogP contribution is -2.48. The second-order valence-electron chi connectivity index (χ2n) is 7.23. The van der Waals surface area contributed by atoms with E-state index in [2.05, 4.69) is 10.6 Å². The summed E-state index contributed by atoms with van der Waals surface area (Å²) in [5, 5.41) is 16.9. The number of rotatable bonds is 13. The Labute approximate surface area is 177 Å². The monoisotopic (exact) mass is 413 g/mol. The fourth-order valence-corrected chi connectivity index (χ4v) is 3.14. The van der Waals surface area contributed by atoms with Crippen molar-refractivity contribution >= 4 is 11.8 Å². The Morgan fingerprint density at radius 3 is 2.50 bits per heavy atom. The number of benzene rings is 2. The second kappa shape index (κ2) is 12.6. The number of nitrogens with one attached hydrogen (secondary N) is 2. The van der Waals surface area contributed by atoms with Crippen LogP contribution in [0.4, 0.5) is 0 Å². The van der Waals surface area contributed by atoms with Crippen molar-refractivity contribution in [2.75, 3.05) is 13.7 Å². The van der Waals surface area contributed by atoms with Crippen molar-refractivity contribution < 1.29 is 19.4 Å². The van der Waals surface area contributed by atoms with Crippen LogP contribution in [-0.2, 0) is 22.6 Å². The number of amides is 2. The van der Waals surface area contributed by atoms with Gasteiger partial charge < -0.3 is 26.2 Å². The SMILES string of the molecule is COc1cccc(CNC[C@@H](O)[C@H](Cc2ccccc2)NC(=O)CCCC(N)=O)c1. The number of hydrogen-bond donors (Lipinski definition) is 4. The summed E-state index contributed by atoms with van der Waals surface area (Å²) in [5.41, 5.74) is 7.18. The molecule has 0 fully saturated rings. The Kier molecular flexibility index (Phi) is 9.83. The third-order valence-electron chi connectivity index (χ3n) is 4.75. The molecule has 0 heterocycles. The standard InChI is InChI=1S/C23H31N3O4/c1-30-19-10-5-9-18(13-19)15-25-16-21(27)20(14-17-7-3-2-4-8-17)26-23(29)12-6-11-22(24)28/h2-5,7-10,13,20-21,25,27H,6,11-12,14-16H2,1H3,(H2,24,28)(H,26,29)/t20-,21+/m0/s1. The normalized spacial score (nSPS) is 12.7. The minimum absolute atomic E-state index is 0.168. The smallest absolute Gasteiger partial charge is 0.220 e. The molecule has 2 rings (SSSR count). The molecule has 0 unspecified atom stereocenters. The first-order valence-corrected chi connectivity index (χ1v) is 10.1. The zero-order valence-electron chi connectivity index (χ0n) is 17.3. The molecule has 2 aromatic rings. The fourth-order valence-electron chi connectivity index (χ4n) is 3.14. The van der Waals surface area contributed by atoms with Crippen LogP contribution in [0.1, 0.15) is 30.4 Å². The molecule has 0 aromatic heterocycles. The zero-order valence-corrected chi connectivity index (χ0v) is 17.3. The first-order valence-electron chi connectivity index (χ1n) is 10.1. The molecule has 0 saturated heterocycles. The molecule has 2 atom stereocenters. The third-order valence-corrected chi connectivity index (χ3v) is 4.75. The van der Waals surface area contributed by atoms with Crippen molar-refractivity contribution in [1.29, 1.82) is 0 Å². The number of aliphatic hydroxyl groups is 1. The summed E-state index contributed by atoms with van der Waals surface area (Å²) < 4.78 is 5.22. The van der Waals surface area contributed by atoms with Gasteiger partial charge in [-0.1, -0.05) is 42.5 Å². The highest BCUT2D eigenvalue weighted by molar-refractivity contribution is 5.78. The molecule has 0 bridgehead atoms. The van der Waals surface area contributed by atoms with E-state index in [4.69, 9.17) is 10.5 Å². The molecule has 2 amide bonds. The van der Waals surface area contributed by atoms with E-state index in [0.717, 1.165) is 16.9 Å². The maximum Gasteiger partial charge on any atom is 0.220 e. The van der Waals surface area contributed by atoms with Crippen LogP contribution in [0.3, 0.4) is 0 Å². The van der Waals surface area contributed by atoms with Gasteiger partial charge in [-0.25, -0.2) is 0 Å². The Morgan fingerprint density at radius 1 is 1.07 bits per heavy atom. The fraction of sp³-hybridized carbons (Fsp3) is 0.391. The molecule has 0 saturated carbocycles. The van der Waals surface area contributed by atoms with Crippen LogP contribution in [0.25, 0.3) is 0 Å². The van der Waals surface area contributed by atoms with Gasteiger partial charge in [-0.05, 0) is 36.1 Å². The molecule has 0 aliphatic heterocycles. The van der Waals surface area contributed by atoms with Crippen LogP contribution in [-0.4, -0.2) is 42.7 Å². The van der Waals surface area contributed by atoms with Crippen LogP contribution in [0, 0.1) is 0 Å². The van der Waals surface area contributed by atoms with Crippen molar-refractivity contribution in [2.24, 2.45) is 5.73 Å². The second-order valence-corrected chi connectivity index (χ2v) is 7.23. The average molecular weight is 414 g/mol. The Hall–Kier alpha value is -2.90. The predicted octanol–water partition coefficient (Wildman–Crippen LogP) is 1.53. The van der Waals surface area contributed by atoms with E-state index >= 15 is 0 Å². The topological polar surface area (TPSA) is 114 Å². The number of primary amides is 1. The molecule has 5 N–H and O–H groups in total. The van der Waals surface area contributed by atoms with E-state index in [1.807, 2.05) is 54.6 Å². The van der Waals surface area contributed by atoms with Crippen molar-refractivity contribution in [2.45, 2.75) is 44.4 Å². The lowest BCUT2D eigenvalue weighted by Gasteiger charge is -2.25. The van der Waals surface area contributed by atoms with Gasteiger partial charge in [0.25, 0.3) is 0 Å². The number of methoxy groups -OCH3 is 1. The summed E-state index contributed by atoms with van der Waals surface area (Å²) >= 11 is 0. The largest absolute Gasteiger partial charge is 0.497 e. The van der Waals surface area contributed by atoms with Crippen molar-refractivity contribution in [3.05, 3.63) is 65.7 Å². The summed E-state index contributed by atoms with van der Waals surface area (Å²) in [7, 11) is 1.62. The van der Waals surface area contributed by atoms with E-state index in [-0.39, 0.29) is 18.7 Å². The zero-order chi connectivity index (χ0) is 21.8. The summed E-state index contributed by atoms with van der Waals surface area (Å²) in [5.74, 6) is 0.148. The van der Waals surface area contributed by atoms with Gasteiger partial charge >= 0.3 is 0 Å². The first kappa shape index (κ1) is 23.4. The maximum absolute atomic E-state index is 12.3. The highest BCUT2D eigenvalue weighted by Crippen LogP contribution is 2.12. The van der Waals surface area contributed by atoms with Gasteiger partial charge in [-0.3, -0.25) is 9.59 Å². The number of carbonyl (C=O) groups excluding carboxylic acids is 2. The molecule has 0 radical (unpaired) electrons. The van der Waals surface area contributed by atoms with Crippen molar-refractivity contribution in [3.63, 3.8) is 0 Å². The Bertz CT molecular complexity index is 798. The minimum atomic E-state index is -0.782. The van der Waals surface area contributed by atoms with Gasteiger partial charge in [0.15, 0.2) is 0 Å². The number of ether oxygens (including phenoxy) is 1. The lowest BCUT2D eigenvalue weighted by atomic mass is 10.0. The first-order chi connectivity index (χ1) is 14.5. The number of nitrogens with two attached hydrogens (primary N) is 1. The van der Waals surface area contributed by atoms with E-state index in [1.165, 1.54) is 0 Å². The van der Waals surface area contributed by atoms with Crippen LogP contribution >= 0.6 is 0 Å². The third kappa shape index (κ3) is 8.63. The summed E-state index contributed by atoms with van der Waals surface area (Å²) in [6, 6.07) is 16.9. The van der Waals surface area contributed by atoms with E-state index in [0.29, 0.717) is 25.9 Å². The van der Waals surface area contributed by atoms with Gasteiger partial charge in [0.05, 0.1) is 19.3 Å². The molecule has 2 aromatic carbocycles. The number of carbonyl (C=O) groups is 2. The molecule has 0 spiro atoms. The lowest BCUT2D eigenvalue weighted by molar-refractivity contribution is -0.123.